The second-order valence-electron chi connectivity index (χ2n) is 9.45. The summed E-state index contributed by atoms with van der Waals surface area (Å²) in [5.41, 5.74) is 14.1. The first-order valence-corrected chi connectivity index (χ1v) is 12.3. The average Bonchev–Trinajstić information content (AvgIpc) is 3.57. The molecular formula is C30H20N6O4. The van der Waals surface area contributed by atoms with E-state index in [1.807, 2.05) is 0 Å². The lowest BCUT2D eigenvalue weighted by atomic mass is 9.82. The Bertz CT molecular complexity index is 1680. The molecule has 0 fully saturated rings. The van der Waals surface area contributed by atoms with E-state index < -0.39 is 23.7 Å². The molecule has 10 nitrogen and oxygen atoms in total. The summed E-state index contributed by atoms with van der Waals surface area (Å²) in [6.45, 7) is -0.451. The van der Waals surface area contributed by atoms with Gasteiger partial charge in [0.25, 0.3) is 0 Å². The summed E-state index contributed by atoms with van der Waals surface area (Å²) in [6, 6.07) is 21.8. The van der Waals surface area contributed by atoms with E-state index in [-0.39, 0.29) is 22.7 Å². The van der Waals surface area contributed by atoms with Crippen LogP contribution in [-0.2, 0) is 0 Å². The first-order chi connectivity index (χ1) is 19.3. The van der Waals surface area contributed by atoms with Gasteiger partial charge >= 0.3 is 0 Å². The van der Waals surface area contributed by atoms with Crippen molar-refractivity contribution >= 4 is 45.9 Å². The largest absolute Gasteiger partial charge is 0.328 e. The fourth-order valence-corrected chi connectivity index (χ4v) is 4.60. The van der Waals surface area contributed by atoms with Gasteiger partial charge in [-0.05, 0) is 36.4 Å². The van der Waals surface area contributed by atoms with Crippen LogP contribution >= 0.6 is 0 Å². The fourth-order valence-electron chi connectivity index (χ4n) is 4.60. The van der Waals surface area contributed by atoms with Gasteiger partial charge in [-0.1, -0.05) is 48.5 Å². The summed E-state index contributed by atoms with van der Waals surface area (Å²) in [7, 11) is 0. The Balaban J connectivity index is 1.21. The number of nitrogens with zero attached hydrogens (tertiary/aromatic N) is 4. The average molecular weight is 529 g/mol. The topological polar surface area (TPSA) is 170 Å². The van der Waals surface area contributed by atoms with Crippen LogP contribution in [0.1, 0.15) is 52.6 Å². The number of benzene rings is 4. The molecule has 4 N–H and O–H groups in total. The number of nitrogens with two attached hydrogens (primary N) is 2. The van der Waals surface area contributed by atoms with Gasteiger partial charge in [0.05, 0.1) is 33.9 Å². The SMILES string of the molecule is NCC(N)(C(=O)c1ccc(C(=O)c2ccc3cc2N=N3)cc1)C(=O)c1ccc(C(=O)c2ccc3cc2N=N3)cc1. The van der Waals surface area contributed by atoms with Crippen molar-refractivity contribution in [2.75, 3.05) is 6.54 Å². The molecule has 0 atom stereocenters. The quantitative estimate of drug-likeness (QED) is 0.190. The number of carbonyl (C=O) groups is 4. The molecule has 194 valence electrons. The molecule has 6 rings (SSSR count). The summed E-state index contributed by atoms with van der Waals surface area (Å²) in [5.74, 6) is -1.94. The standard InChI is InChI=1S/C30H20N6O4/c31-15-30(32,28(39)18-5-1-16(2-6-18)26(37)22-11-9-20-13-24(22)35-33-20)29(40)19-7-3-17(4-8-19)27(38)23-12-10-21-14-25(23)36-34-21/h1-14H,15,31-32H2. The first kappa shape index (κ1) is 25.0. The molecule has 0 radical (unpaired) electrons. The van der Waals surface area contributed by atoms with Crippen LogP contribution in [0.15, 0.2) is 105 Å². The van der Waals surface area contributed by atoms with E-state index >= 15 is 0 Å². The highest BCUT2D eigenvalue weighted by atomic mass is 16.2. The van der Waals surface area contributed by atoms with Gasteiger partial charge in [-0.3, -0.25) is 19.2 Å². The normalized spacial score (nSPS) is 12.6. The molecule has 0 amide bonds. The molecule has 0 aliphatic carbocycles. The summed E-state index contributed by atoms with van der Waals surface area (Å²) < 4.78 is 0. The van der Waals surface area contributed by atoms with Gasteiger partial charge < -0.3 is 11.5 Å². The highest BCUT2D eigenvalue weighted by molar-refractivity contribution is 6.24. The Labute approximate surface area is 227 Å². The molecule has 2 aliphatic heterocycles. The molecule has 0 aromatic heterocycles. The van der Waals surface area contributed by atoms with Gasteiger partial charge in [0.1, 0.15) is 0 Å². The monoisotopic (exact) mass is 528 g/mol. The highest BCUT2D eigenvalue weighted by Gasteiger charge is 2.41. The molecule has 2 heterocycles. The minimum absolute atomic E-state index is 0.125. The zero-order valence-electron chi connectivity index (χ0n) is 20.9. The lowest BCUT2D eigenvalue weighted by Crippen LogP contribution is -2.60. The van der Waals surface area contributed by atoms with Gasteiger partial charge in [-0.15, -0.1) is 10.2 Å². The van der Waals surface area contributed by atoms with Crippen molar-refractivity contribution in [3.8, 4) is 0 Å². The molecule has 40 heavy (non-hydrogen) atoms. The zero-order chi connectivity index (χ0) is 28.0. The van der Waals surface area contributed by atoms with Crippen molar-refractivity contribution in [2.24, 2.45) is 31.9 Å². The van der Waals surface area contributed by atoms with E-state index in [1.165, 1.54) is 48.5 Å². The molecule has 10 heteroatoms. The van der Waals surface area contributed by atoms with Crippen LogP contribution in [0, 0.1) is 0 Å². The smallest absolute Gasteiger partial charge is 0.195 e. The Morgan fingerprint density at radius 2 is 0.925 bits per heavy atom. The van der Waals surface area contributed by atoms with Crippen molar-refractivity contribution < 1.29 is 19.2 Å². The third-order valence-electron chi connectivity index (χ3n) is 6.95. The highest BCUT2D eigenvalue weighted by Crippen LogP contribution is 2.35. The zero-order valence-corrected chi connectivity index (χ0v) is 20.9. The molecule has 4 aromatic rings. The Morgan fingerprint density at radius 1 is 0.550 bits per heavy atom. The summed E-state index contributed by atoms with van der Waals surface area (Å²) in [5, 5.41) is 15.8. The Morgan fingerprint density at radius 3 is 1.30 bits per heavy atom. The van der Waals surface area contributed by atoms with Crippen LogP contribution in [0.3, 0.4) is 0 Å². The molecule has 2 aliphatic rings. The van der Waals surface area contributed by atoms with Crippen LogP contribution in [0.5, 0.6) is 0 Å². The molecule has 0 unspecified atom stereocenters. The maximum Gasteiger partial charge on any atom is 0.195 e. The van der Waals surface area contributed by atoms with Gasteiger partial charge in [0, 0.05) is 28.8 Å². The van der Waals surface area contributed by atoms with E-state index in [0.29, 0.717) is 45.0 Å². The van der Waals surface area contributed by atoms with Crippen molar-refractivity contribution in [3.05, 3.63) is 118 Å². The lowest BCUT2D eigenvalue weighted by Gasteiger charge is -2.25. The van der Waals surface area contributed by atoms with Gasteiger partial charge in [0.2, 0.25) is 0 Å². The lowest BCUT2D eigenvalue weighted by molar-refractivity contribution is 0.0774. The van der Waals surface area contributed by atoms with Gasteiger partial charge in [-0.2, -0.15) is 10.2 Å². The van der Waals surface area contributed by atoms with E-state index in [2.05, 4.69) is 20.5 Å². The molecule has 4 aromatic carbocycles. The van der Waals surface area contributed by atoms with Gasteiger partial charge in [-0.25, -0.2) is 0 Å². The number of carbonyl (C=O) groups excluding carboxylic acids is 4. The number of hydrogen-bond acceptors (Lipinski definition) is 10. The first-order valence-electron chi connectivity index (χ1n) is 12.3. The second-order valence-corrected chi connectivity index (χ2v) is 9.45. The Hall–Kier alpha value is -5.32. The number of ketones is 4. The predicted octanol–water partition coefficient (Wildman–Crippen LogP) is 5.33. The molecule has 4 bridgehead atoms. The minimum Gasteiger partial charge on any atom is -0.328 e. The van der Waals surface area contributed by atoms with Crippen LogP contribution in [-0.4, -0.2) is 35.2 Å². The van der Waals surface area contributed by atoms with Crippen molar-refractivity contribution in [3.63, 3.8) is 0 Å². The summed E-state index contributed by atoms with van der Waals surface area (Å²) >= 11 is 0. The molecular weight excluding hydrogens is 508 g/mol. The van der Waals surface area contributed by atoms with Crippen LogP contribution in [0.4, 0.5) is 22.7 Å². The van der Waals surface area contributed by atoms with Crippen LogP contribution < -0.4 is 11.5 Å². The number of azo groups is 2. The second kappa shape index (κ2) is 9.45. The van der Waals surface area contributed by atoms with Crippen molar-refractivity contribution in [1.29, 1.82) is 0 Å². The number of fused-ring (bicyclic) bond motifs is 4. The predicted molar refractivity (Wildman–Crippen MR) is 146 cm³/mol. The molecule has 0 saturated heterocycles. The summed E-state index contributed by atoms with van der Waals surface area (Å²) in [4.78, 5) is 52.7. The third kappa shape index (κ3) is 4.08. The molecule has 0 saturated carbocycles. The Kier molecular flexibility index (Phi) is 5.91. The number of hydrogen-bond donors (Lipinski definition) is 2. The van der Waals surface area contributed by atoms with E-state index in [0.717, 1.165) is 0 Å². The van der Waals surface area contributed by atoms with Crippen molar-refractivity contribution in [1.82, 2.24) is 0 Å². The van der Waals surface area contributed by atoms with Crippen LogP contribution in [0.25, 0.3) is 0 Å². The molecule has 0 spiro atoms. The summed E-state index contributed by atoms with van der Waals surface area (Å²) in [6.07, 6.45) is 0. The maximum atomic E-state index is 13.4. The maximum absolute atomic E-state index is 13.4. The minimum atomic E-state index is -2.05. The van der Waals surface area contributed by atoms with Gasteiger partial charge in [0.15, 0.2) is 28.7 Å². The third-order valence-corrected chi connectivity index (χ3v) is 6.95. The fraction of sp³-hybridized carbons (Fsp3) is 0.0667. The van der Waals surface area contributed by atoms with E-state index in [1.54, 1.807) is 36.4 Å². The van der Waals surface area contributed by atoms with E-state index in [9.17, 15) is 19.2 Å². The number of Topliss-reactive ketones (excluding diaryl/α,β-unsaturated/α-hetero) is 2. The number of rotatable bonds is 9. The van der Waals surface area contributed by atoms with Crippen molar-refractivity contribution in [2.45, 2.75) is 5.54 Å². The van der Waals surface area contributed by atoms with Crippen LogP contribution in [0.2, 0.25) is 0 Å². The van der Waals surface area contributed by atoms with E-state index in [4.69, 9.17) is 11.5 Å².